The number of carbonyl (C=O) groups is 1. The van der Waals surface area contributed by atoms with Gasteiger partial charge in [-0.25, -0.2) is 8.78 Å². The van der Waals surface area contributed by atoms with Gasteiger partial charge < -0.3 is 5.11 Å². The first kappa shape index (κ1) is 13.6. The van der Waals surface area contributed by atoms with Gasteiger partial charge in [-0.05, 0) is 28.2 Å². The summed E-state index contributed by atoms with van der Waals surface area (Å²) in [5.74, 6) is -1.32. The molecule has 7 heteroatoms. The molecule has 0 aliphatic heterocycles. The fraction of sp³-hybridized carbons (Fsp3) is 0.333. The molecule has 1 N–H and O–H groups in total. The zero-order valence-electron chi connectivity index (χ0n) is 7.88. The average Bonchev–Trinajstić information content (AvgIpc) is 2.19. The highest BCUT2D eigenvalue weighted by Gasteiger charge is 2.22. The molecule has 0 atom stereocenters. The topological polar surface area (TPSA) is 50.2 Å². The maximum Gasteiger partial charge on any atom is 0.307 e. The largest absolute Gasteiger partial charge is 0.481 e. The summed E-state index contributed by atoms with van der Waals surface area (Å²) in [6.07, 6.45) is -1.88. The number of alkyl halides is 3. The number of pyridine rings is 1. The Bertz CT molecular complexity index is 415. The second kappa shape index (κ2) is 5.72. The molecule has 0 radical (unpaired) electrons. The number of hydrogen-bond acceptors (Lipinski definition) is 2. The highest BCUT2D eigenvalue weighted by molar-refractivity contribution is 14.1. The van der Waals surface area contributed by atoms with E-state index < -0.39 is 18.8 Å². The molecule has 0 aliphatic rings. The highest BCUT2D eigenvalue weighted by Crippen LogP contribution is 2.30. The molecule has 0 spiro atoms. The van der Waals surface area contributed by atoms with E-state index in [0.29, 0.717) is 3.57 Å². The Morgan fingerprint density at radius 1 is 1.62 bits per heavy atom. The molecular weight excluding hydrogens is 354 g/mol. The highest BCUT2D eigenvalue weighted by atomic mass is 127. The van der Waals surface area contributed by atoms with E-state index in [-0.39, 0.29) is 22.7 Å². The second-order valence-corrected chi connectivity index (χ2v) is 4.38. The van der Waals surface area contributed by atoms with E-state index in [1.54, 1.807) is 22.6 Å². The third-order valence-electron chi connectivity index (χ3n) is 1.93. The van der Waals surface area contributed by atoms with E-state index in [4.69, 9.17) is 16.7 Å². The van der Waals surface area contributed by atoms with Gasteiger partial charge in [-0.1, -0.05) is 0 Å². The first-order valence-corrected chi connectivity index (χ1v) is 5.80. The Kier molecular flexibility index (Phi) is 4.85. The lowest BCUT2D eigenvalue weighted by Crippen LogP contribution is -2.10. The SMILES string of the molecule is O=C(O)Cc1c(I)cnc(CCl)c1C(F)F. The second-order valence-electron chi connectivity index (χ2n) is 2.95. The zero-order chi connectivity index (χ0) is 12.3. The van der Waals surface area contributed by atoms with Crippen LogP contribution in [0.15, 0.2) is 6.20 Å². The smallest absolute Gasteiger partial charge is 0.307 e. The molecule has 1 rings (SSSR count). The van der Waals surface area contributed by atoms with Crippen LogP contribution in [0.2, 0.25) is 0 Å². The molecule has 0 amide bonds. The van der Waals surface area contributed by atoms with E-state index in [1.807, 2.05) is 0 Å². The summed E-state index contributed by atoms with van der Waals surface area (Å²) in [7, 11) is 0. The van der Waals surface area contributed by atoms with Gasteiger partial charge in [-0.2, -0.15) is 0 Å². The van der Waals surface area contributed by atoms with Crippen molar-refractivity contribution in [1.29, 1.82) is 0 Å². The van der Waals surface area contributed by atoms with E-state index in [1.165, 1.54) is 6.20 Å². The number of carboxylic acids is 1. The summed E-state index contributed by atoms with van der Waals surface area (Å²) in [4.78, 5) is 14.4. The van der Waals surface area contributed by atoms with Crippen molar-refractivity contribution < 1.29 is 18.7 Å². The number of rotatable bonds is 4. The average molecular weight is 362 g/mol. The van der Waals surface area contributed by atoms with Gasteiger partial charge in [0.1, 0.15) is 0 Å². The van der Waals surface area contributed by atoms with Crippen LogP contribution in [0.25, 0.3) is 0 Å². The molecule has 1 heterocycles. The van der Waals surface area contributed by atoms with Crippen molar-refractivity contribution in [1.82, 2.24) is 4.98 Å². The van der Waals surface area contributed by atoms with E-state index in [2.05, 4.69) is 4.98 Å². The molecular formula is C9H7ClF2INO2. The predicted molar refractivity (Wildman–Crippen MR) is 62.8 cm³/mol. The van der Waals surface area contributed by atoms with Crippen molar-refractivity contribution in [3.63, 3.8) is 0 Å². The fourth-order valence-corrected chi connectivity index (χ4v) is 2.11. The van der Waals surface area contributed by atoms with Crippen molar-refractivity contribution in [3.8, 4) is 0 Å². The minimum atomic E-state index is -2.77. The van der Waals surface area contributed by atoms with Gasteiger partial charge >= 0.3 is 5.97 Å². The Balaban J connectivity index is 3.35. The lowest BCUT2D eigenvalue weighted by Gasteiger charge is -2.12. The summed E-state index contributed by atoms with van der Waals surface area (Å²) in [6, 6.07) is 0. The van der Waals surface area contributed by atoms with Crippen LogP contribution in [-0.4, -0.2) is 16.1 Å². The lowest BCUT2D eigenvalue weighted by atomic mass is 10.0. The summed E-state index contributed by atoms with van der Waals surface area (Å²) in [6.45, 7) is 0. The molecule has 0 saturated carbocycles. The monoisotopic (exact) mass is 361 g/mol. The van der Waals surface area contributed by atoms with Crippen LogP contribution >= 0.6 is 34.2 Å². The quantitative estimate of drug-likeness (QED) is 0.662. The first-order valence-electron chi connectivity index (χ1n) is 4.19. The number of hydrogen-bond donors (Lipinski definition) is 1. The summed E-state index contributed by atoms with van der Waals surface area (Å²) < 4.78 is 26.0. The molecule has 0 fully saturated rings. The summed E-state index contributed by atoms with van der Waals surface area (Å²) >= 11 is 7.27. The molecule has 0 saturated heterocycles. The normalized spacial score (nSPS) is 10.8. The maximum atomic E-state index is 12.8. The van der Waals surface area contributed by atoms with Gasteiger partial charge in [0.2, 0.25) is 0 Å². The van der Waals surface area contributed by atoms with Gasteiger partial charge in [0.15, 0.2) is 0 Å². The van der Waals surface area contributed by atoms with Crippen LogP contribution in [0.1, 0.15) is 23.2 Å². The van der Waals surface area contributed by atoms with Gasteiger partial charge in [-0.3, -0.25) is 9.78 Å². The molecule has 88 valence electrons. The standard InChI is InChI=1S/C9H7ClF2INO2/c10-2-6-8(9(11)12)4(1-7(15)16)5(13)3-14-6/h3,9H,1-2H2,(H,15,16). The van der Waals surface area contributed by atoms with Gasteiger partial charge in [-0.15, -0.1) is 11.6 Å². The predicted octanol–water partition coefficient (Wildman–Crippen LogP) is 2.99. The first-order chi connectivity index (χ1) is 7.47. The fourth-order valence-electron chi connectivity index (χ4n) is 1.28. The van der Waals surface area contributed by atoms with Crippen molar-refractivity contribution in [2.75, 3.05) is 0 Å². The summed E-state index contributed by atoms with van der Waals surface area (Å²) in [5.41, 5.74) is -0.230. The Morgan fingerprint density at radius 3 is 2.69 bits per heavy atom. The minimum Gasteiger partial charge on any atom is -0.481 e. The Morgan fingerprint density at radius 2 is 2.25 bits per heavy atom. The van der Waals surface area contributed by atoms with E-state index in [9.17, 15) is 13.6 Å². The van der Waals surface area contributed by atoms with Crippen LogP contribution in [0, 0.1) is 3.57 Å². The Labute approximate surface area is 109 Å². The molecule has 0 aliphatic carbocycles. The molecule has 0 unspecified atom stereocenters. The number of aliphatic carboxylic acids is 1. The number of carboxylic acid groups (broad SMARTS) is 1. The van der Waals surface area contributed by atoms with Gasteiger partial charge in [0.05, 0.1) is 18.0 Å². The van der Waals surface area contributed by atoms with Crippen LogP contribution in [-0.2, 0) is 17.1 Å². The Hall–Kier alpha value is -0.500. The summed E-state index contributed by atoms with van der Waals surface area (Å²) in [5, 5.41) is 8.66. The van der Waals surface area contributed by atoms with Crippen LogP contribution in [0.4, 0.5) is 8.78 Å². The number of aromatic nitrogens is 1. The molecule has 0 aromatic carbocycles. The number of nitrogens with zero attached hydrogens (tertiary/aromatic N) is 1. The maximum absolute atomic E-state index is 12.8. The third-order valence-corrected chi connectivity index (χ3v) is 3.11. The zero-order valence-corrected chi connectivity index (χ0v) is 10.8. The van der Waals surface area contributed by atoms with Crippen LogP contribution < -0.4 is 0 Å². The van der Waals surface area contributed by atoms with Crippen LogP contribution in [0.5, 0.6) is 0 Å². The van der Waals surface area contributed by atoms with Crippen molar-refractivity contribution in [2.24, 2.45) is 0 Å². The van der Waals surface area contributed by atoms with Crippen molar-refractivity contribution >= 4 is 40.2 Å². The van der Waals surface area contributed by atoms with E-state index in [0.717, 1.165) is 0 Å². The lowest BCUT2D eigenvalue weighted by molar-refractivity contribution is -0.136. The van der Waals surface area contributed by atoms with Gasteiger partial charge in [0.25, 0.3) is 6.43 Å². The third kappa shape index (κ3) is 3.00. The van der Waals surface area contributed by atoms with Crippen molar-refractivity contribution in [3.05, 3.63) is 26.6 Å². The van der Waals surface area contributed by atoms with E-state index >= 15 is 0 Å². The molecule has 3 nitrogen and oxygen atoms in total. The molecule has 1 aromatic rings. The number of halogens is 4. The molecule has 16 heavy (non-hydrogen) atoms. The van der Waals surface area contributed by atoms with Crippen LogP contribution in [0.3, 0.4) is 0 Å². The van der Waals surface area contributed by atoms with Crippen molar-refractivity contribution in [2.45, 2.75) is 18.7 Å². The molecule has 1 aromatic heterocycles. The molecule has 0 bridgehead atoms. The van der Waals surface area contributed by atoms with Gasteiger partial charge in [0, 0.05) is 15.3 Å². The minimum absolute atomic E-state index is 0.0355.